The third-order valence-corrected chi connectivity index (χ3v) is 6.63. The van der Waals surface area contributed by atoms with E-state index in [0.29, 0.717) is 6.04 Å². The van der Waals surface area contributed by atoms with Crippen LogP contribution in [0.15, 0.2) is 42.5 Å². The molecular formula is C25H33N3O2. The minimum absolute atomic E-state index is 0.0766. The quantitative estimate of drug-likeness (QED) is 0.751. The normalized spacial score (nSPS) is 24.2. The maximum Gasteiger partial charge on any atom is 0.254 e. The Bertz CT molecular complexity index is 834. The molecule has 0 spiro atoms. The largest absolute Gasteiger partial charge is 0.348 e. The molecule has 2 aliphatic heterocycles. The van der Waals surface area contributed by atoms with E-state index in [1.807, 2.05) is 36.4 Å². The maximum absolute atomic E-state index is 13.1. The van der Waals surface area contributed by atoms with Crippen LogP contribution in [0.3, 0.4) is 0 Å². The lowest BCUT2D eigenvalue weighted by Crippen LogP contribution is -2.42. The van der Waals surface area contributed by atoms with E-state index in [0.717, 1.165) is 49.1 Å². The Morgan fingerprint density at radius 2 is 1.77 bits per heavy atom. The average Bonchev–Trinajstić information content (AvgIpc) is 3.45. The highest BCUT2D eigenvalue weighted by Crippen LogP contribution is 2.27. The van der Waals surface area contributed by atoms with Crippen molar-refractivity contribution in [3.05, 3.63) is 53.6 Å². The average molecular weight is 408 g/mol. The first-order valence-electron chi connectivity index (χ1n) is 11.3. The maximum atomic E-state index is 13.1. The van der Waals surface area contributed by atoms with Gasteiger partial charge in [0.25, 0.3) is 5.91 Å². The van der Waals surface area contributed by atoms with Crippen LogP contribution in [-0.2, 0) is 4.79 Å². The van der Waals surface area contributed by atoms with Crippen LogP contribution in [0.1, 0.15) is 48.0 Å². The molecule has 1 aromatic carbocycles. The van der Waals surface area contributed by atoms with Gasteiger partial charge in [-0.2, -0.15) is 0 Å². The molecule has 5 nitrogen and oxygen atoms in total. The van der Waals surface area contributed by atoms with Gasteiger partial charge in [0.05, 0.1) is 5.92 Å². The summed E-state index contributed by atoms with van der Waals surface area (Å²) in [7, 11) is 3.59. The van der Waals surface area contributed by atoms with Crippen LogP contribution in [0.5, 0.6) is 0 Å². The van der Waals surface area contributed by atoms with Gasteiger partial charge in [0.2, 0.25) is 5.91 Å². The van der Waals surface area contributed by atoms with Gasteiger partial charge in [0, 0.05) is 38.8 Å². The Labute approximate surface area is 180 Å². The van der Waals surface area contributed by atoms with Crippen LogP contribution >= 0.6 is 0 Å². The molecule has 2 saturated heterocycles. The number of carbonyl (C=O) groups is 2. The standard InChI is InChI=1S/C25H33N3O2/c1-26(2)24(29)21-11-7-19(8-12-21)20-9-13-22(14-10-20)25(30)28-17-5-6-23(28)18-27-15-3-4-16-27/h7-11,13-14,21,23H,3-6,12,15-18H2,1-2H3. The lowest BCUT2D eigenvalue weighted by Gasteiger charge is -2.28. The molecule has 2 amide bonds. The van der Waals surface area contributed by atoms with Gasteiger partial charge in [0.1, 0.15) is 0 Å². The van der Waals surface area contributed by atoms with Crippen molar-refractivity contribution in [2.45, 2.75) is 38.1 Å². The Morgan fingerprint density at radius 3 is 2.40 bits per heavy atom. The summed E-state index contributed by atoms with van der Waals surface area (Å²) >= 11 is 0. The van der Waals surface area contributed by atoms with Crippen LogP contribution in [0.2, 0.25) is 0 Å². The predicted octanol–water partition coefficient (Wildman–Crippen LogP) is 3.43. The zero-order chi connectivity index (χ0) is 21.1. The van der Waals surface area contributed by atoms with Gasteiger partial charge >= 0.3 is 0 Å². The molecule has 0 aromatic heterocycles. The Kier molecular flexibility index (Phi) is 6.38. The second-order valence-electron chi connectivity index (χ2n) is 8.97. The Balaban J connectivity index is 1.39. The summed E-state index contributed by atoms with van der Waals surface area (Å²) in [6, 6.07) is 8.32. The molecule has 160 valence electrons. The zero-order valence-corrected chi connectivity index (χ0v) is 18.2. The molecule has 1 aliphatic carbocycles. The van der Waals surface area contributed by atoms with Gasteiger partial charge < -0.3 is 14.7 Å². The van der Waals surface area contributed by atoms with Gasteiger partial charge in [-0.25, -0.2) is 0 Å². The van der Waals surface area contributed by atoms with Crippen molar-refractivity contribution in [2.75, 3.05) is 40.3 Å². The number of amides is 2. The van der Waals surface area contributed by atoms with Crippen molar-refractivity contribution < 1.29 is 9.59 Å². The second kappa shape index (κ2) is 9.17. The van der Waals surface area contributed by atoms with Gasteiger partial charge in [-0.1, -0.05) is 30.4 Å². The Hall–Kier alpha value is -2.40. The lowest BCUT2D eigenvalue weighted by molar-refractivity contribution is -0.131. The van der Waals surface area contributed by atoms with Crippen LogP contribution in [-0.4, -0.2) is 72.8 Å². The molecule has 30 heavy (non-hydrogen) atoms. The SMILES string of the molecule is CN(C)C(=O)C1C=CC(c2ccc(C(=O)N3CCCC3CN3CCCC3)cc2)=CC1. The van der Waals surface area contributed by atoms with Crippen molar-refractivity contribution in [3.63, 3.8) is 0 Å². The number of rotatable bonds is 5. The zero-order valence-electron chi connectivity index (χ0n) is 18.2. The number of benzene rings is 1. The first-order chi connectivity index (χ1) is 14.5. The van der Waals surface area contributed by atoms with Crippen molar-refractivity contribution in [1.29, 1.82) is 0 Å². The highest BCUT2D eigenvalue weighted by molar-refractivity contribution is 5.95. The molecule has 0 N–H and O–H groups in total. The van der Waals surface area contributed by atoms with Gasteiger partial charge in [-0.05, 0) is 68.5 Å². The lowest BCUT2D eigenvalue weighted by atomic mass is 9.92. The molecule has 0 radical (unpaired) electrons. The molecule has 3 aliphatic rings. The highest BCUT2D eigenvalue weighted by Gasteiger charge is 2.31. The molecule has 0 bridgehead atoms. The number of likely N-dealkylation sites (tertiary alicyclic amines) is 2. The van der Waals surface area contributed by atoms with E-state index in [1.165, 1.54) is 25.9 Å². The molecule has 4 rings (SSSR count). The summed E-state index contributed by atoms with van der Waals surface area (Å²) < 4.78 is 0. The van der Waals surface area contributed by atoms with Crippen LogP contribution in [0.4, 0.5) is 0 Å². The van der Waals surface area contributed by atoms with E-state index < -0.39 is 0 Å². The monoisotopic (exact) mass is 407 g/mol. The first kappa shape index (κ1) is 20.9. The topological polar surface area (TPSA) is 43.9 Å². The fraction of sp³-hybridized carbons (Fsp3) is 0.520. The fourth-order valence-corrected chi connectivity index (χ4v) is 4.88. The van der Waals surface area contributed by atoms with E-state index in [-0.39, 0.29) is 17.7 Å². The predicted molar refractivity (Wildman–Crippen MR) is 120 cm³/mol. The summed E-state index contributed by atoms with van der Waals surface area (Å²) in [6.45, 7) is 4.25. The molecule has 5 heteroatoms. The molecule has 2 fully saturated rings. The van der Waals surface area contributed by atoms with E-state index >= 15 is 0 Å². The summed E-state index contributed by atoms with van der Waals surface area (Å²) in [5, 5.41) is 0. The van der Waals surface area contributed by atoms with E-state index in [9.17, 15) is 9.59 Å². The van der Waals surface area contributed by atoms with E-state index in [1.54, 1.807) is 19.0 Å². The Morgan fingerprint density at radius 1 is 1.03 bits per heavy atom. The van der Waals surface area contributed by atoms with Gasteiger partial charge in [-0.3, -0.25) is 9.59 Å². The molecule has 1 aromatic rings. The molecule has 0 saturated carbocycles. The summed E-state index contributed by atoms with van der Waals surface area (Å²) in [6.07, 6.45) is 11.7. The fourth-order valence-electron chi connectivity index (χ4n) is 4.88. The first-order valence-corrected chi connectivity index (χ1v) is 11.3. The summed E-state index contributed by atoms with van der Waals surface area (Å²) in [5.41, 5.74) is 2.98. The third-order valence-electron chi connectivity index (χ3n) is 6.63. The van der Waals surface area contributed by atoms with Crippen molar-refractivity contribution >= 4 is 17.4 Å². The van der Waals surface area contributed by atoms with Crippen LogP contribution in [0, 0.1) is 5.92 Å². The minimum Gasteiger partial charge on any atom is -0.348 e. The molecule has 2 unspecified atom stereocenters. The van der Waals surface area contributed by atoms with Crippen molar-refractivity contribution in [3.8, 4) is 0 Å². The van der Waals surface area contributed by atoms with Crippen LogP contribution < -0.4 is 0 Å². The number of allylic oxidation sites excluding steroid dienone is 3. The van der Waals surface area contributed by atoms with Crippen LogP contribution in [0.25, 0.3) is 5.57 Å². The van der Waals surface area contributed by atoms with Gasteiger partial charge in [0.15, 0.2) is 0 Å². The van der Waals surface area contributed by atoms with Gasteiger partial charge in [-0.15, -0.1) is 0 Å². The molecular weight excluding hydrogens is 374 g/mol. The van der Waals surface area contributed by atoms with Crippen molar-refractivity contribution in [2.24, 2.45) is 5.92 Å². The van der Waals surface area contributed by atoms with E-state index in [4.69, 9.17) is 0 Å². The summed E-state index contributed by atoms with van der Waals surface area (Å²) in [5.74, 6) is 0.219. The second-order valence-corrected chi connectivity index (χ2v) is 8.97. The number of hydrogen-bond donors (Lipinski definition) is 0. The number of nitrogens with zero attached hydrogens (tertiary/aromatic N) is 3. The number of carbonyl (C=O) groups excluding carboxylic acids is 2. The highest BCUT2D eigenvalue weighted by atomic mass is 16.2. The molecule has 2 atom stereocenters. The third kappa shape index (κ3) is 4.51. The number of hydrogen-bond acceptors (Lipinski definition) is 3. The van der Waals surface area contributed by atoms with Crippen molar-refractivity contribution in [1.82, 2.24) is 14.7 Å². The molecule has 2 heterocycles. The minimum atomic E-state index is -0.0766. The summed E-state index contributed by atoms with van der Waals surface area (Å²) in [4.78, 5) is 31.5. The van der Waals surface area contributed by atoms with E-state index in [2.05, 4.69) is 15.9 Å². The smallest absolute Gasteiger partial charge is 0.254 e.